The molecule has 0 saturated heterocycles. The fraction of sp³-hybridized carbons (Fsp3) is 0.231. The third-order valence-electron chi connectivity index (χ3n) is 2.64. The summed E-state index contributed by atoms with van der Waals surface area (Å²) in [5.41, 5.74) is 1.37. The minimum absolute atomic E-state index is 0.395. The summed E-state index contributed by atoms with van der Waals surface area (Å²) < 4.78 is 2.47. The van der Waals surface area contributed by atoms with Crippen LogP contribution < -0.4 is 5.32 Å². The molecule has 1 nitrogen and oxygen atoms in total. The second-order valence-corrected chi connectivity index (χ2v) is 7.55. The standard InChI is InChI=1S/C13H13BrINS/c1-16-11(12-6-7-13(14)17-12)8-9-2-4-10(15)5-3-9/h2-7,11,16H,8H2,1H3. The number of nitrogens with one attached hydrogen (secondary N) is 1. The first-order valence-electron chi connectivity index (χ1n) is 5.36. The van der Waals surface area contributed by atoms with Crippen molar-refractivity contribution in [3.05, 3.63) is 54.2 Å². The van der Waals surface area contributed by atoms with E-state index in [2.05, 4.69) is 80.2 Å². The van der Waals surface area contributed by atoms with Gasteiger partial charge in [-0.15, -0.1) is 11.3 Å². The Labute approximate surface area is 128 Å². The van der Waals surface area contributed by atoms with Crippen molar-refractivity contribution in [3.8, 4) is 0 Å². The van der Waals surface area contributed by atoms with Crippen LogP contribution in [0.25, 0.3) is 0 Å². The molecule has 0 saturated carbocycles. The van der Waals surface area contributed by atoms with Gasteiger partial charge in [0.05, 0.1) is 3.79 Å². The molecule has 2 rings (SSSR count). The van der Waals surface area contributed by atoms with Crippen molar-refractivity contribution in [2.24, 2.45) is 0 Å². The molecule has 1 aromatic heterocycles. The van der Waals surface area contributed by atoms with Crippen molar-refractivity contribution < 1.29 is 0 Å². The summed E-state index contributed by atoms with van der Waals surface area (Å²) in [6.07, 6.45) is 1.03. The van der Waals surface area contributed by atoms with E-state index in [1.807, 2.05) is 7.05 Å². The van der Waals surface area contributed by atoms with Gasteiger partial charge in [-0.25, -0.2) is 0 Å². The van der Waals surface area contributed by atoms with Crippen molar-refractivity contribution in [3.63, 3.8) is 0 Å². The molecule has 0 amide bonds. The van der Waals surface area contributed by atoms with Gasteiger partial charge < -0.3 is 5.32 Å². The maximum atomic E-state index is 3.51. The number of benzene rings is 1. The second kappa shape index (κ2) is 6.31. The highest BCUT2D eigenvalue weighted by atomic mass is 127. The molecular formula is C13H13BrINS. The summed E-state index contributed by atoms with van der Waals surface area (Å²) in [4.78, 5) is 1.37. The number of thiophene rings is 1. The summed E-state index contributed by atoms with van der Waals surface area (Å²) in [6, 6.07) is 13.4. The van der Waals surface area contributed by atoms with E-state index in [0.717, 1.165) is 6.42 Å². The lowest BCUT2D eigenvalue weighted by atomic mass is 10.1. The second-order valence-electron chi connectivity index (χ2n) is 3.81. The average molecular weight is 422 g/mol. The lowest BCUT2D eigenvalue weighted by Gasteiger charge is -2.14. The molecule has 1 unspecified atom stereocenters. The van der Waals surface area contributed by atoms with Crippen LogP contribution >= 0.6 is 49.9 Å². The molecule has 0 bridgehead atoms. The van der Waals surface area contributed by atoms with Gasteiger partial charge in [-0.2, -0.15) is 0 Å². The first kappa shape index (κ1) is 13.5. The molecular weight excluding hydrogens is 409 g/mol. The summed E-state index contributed by atoms with van der Waals surface area (Å²) in [6.45, 7) is 0. The number of likely N-dealkylation sites (N-methyl/N-ethyl adjacent to an activating group) is 1. The zero-order valence-corrected chi connectivity index (χ0v) is 14.0. The highest BCUT2D eigenvalue weighted by Gasteiger charge is 2.12. The Kier molecular flexibility index (Phi) is 5.02. The van der Waals surface area contributed by atoms with Gasteiger partial charge in [0, 0.05) is 14.5 Å². The largest absolute Gasteiger partial charge is 0.312 e. The van der Waals surface area contributed by atoms with Gasteiger partial charge in [-0.1, -0.05) is 12.1 Å². The van der Waals surface area contributed by atoms with Gasteiger partial charge in [0.1, 0.15) is 0 Å². The highest BCUT2D eigenvalue weighted by Crippen LogP contribution is 2.29. The van der Waals surface area contributed by atoms with Crippen LogP contribution in [0.2, 0.25) is 0 Å². The third kappa shape index (κ3) is 3.77. The van der Waals surface area contributed by atoms with Crippen LogP contribution in [0.1, 0.15) is 16.5 Å². The summed E-state index contributed by atoms with van der Waals surface area (Å²) in [5, 5.41) is 3.38. The van der Waals surface area contributed by atoms with Crippen LogP contribution in [0, 0.1) is 3.57 Å². The lowest BCUT2D eigenvalue weighted by Crippen LogP contribution is -2.17. The predicted octanol–water partition coefficient (Wildman–Crippen LogP) is 4.62. The van der Waals surface area contributed by atoms with Crippen LogP contribution in [0.3, 0.4) is 0 Å². The predicted molar refractivity (Wildman–Crippen MR) is 86.7 cm³/mol. The van der Waals surface area contributed by atoms with E-state index in [9.17, 15) is 0 Å². The first-order chi connectivity index (χ1) is 8.19. The normalized spacial score (nSPS) is 12.6. The van der Waals surface area contributed by atoms with E-state index in [-0.39, 0.29) is 0 Å². The maximum Gasteiger partial charge on any atom is 0.0701 e. The SMILES string of the molecule is CNC(Cc1ccc(I)cc1)c1ccc(Br)s1. The zero-order valence-electron chi connectivity index (χ0n) is 9.41. The van der Waals surface area contributed by atoms with Crippen LogP contribution in [0.4, 0.5) is 0 Å². The molecule has 0 fully saturated rings. The molecule has 1 aromatic carbocycles. The van der Waals surface area contributed by atoms with Gasteiger partial charge in [0.25, 0.3) is 0 Å². The van der Waals surface area contributed by atoms with Gasteiger partial charge >= 0.3 is 0 Å². The molecule has 2 aromatic rings. The van der Waals surface area contributed by atoms with Gasteiger partial charge in [0.15, 0.2) is 0 Å². The van der Waals surface area contributed by atoms with E-state index in [4.69, 9.17) is 0 Å². The van der Waals surface area contributed by atoms with Crippen LogP contribution in [-0.2, 0) is 6.42 Å². The van der Waals surface area contributed by atoms with Crippen LogP contribution in [0.15, 0.2) is 40.2 Å². The molecule has 0 aliphatic rings. The Balaban J connectivity index is 2.12. The van der Waals surface area contributed by atoms with Gasteiger partial charge in [-0.05, 0) is 81.8 Å². The molecule has 0 aliphatic heterocycles. The number of rotatable bonds is 4. The molecule has 0 aliphatic carbocycles. The molecule has 90 valence electrons. The van der Waals surface area contributed by atoms with Gasteiger partial charge in [-0.3, -0.25) is 0 Å². The summed E-state index contributed by atoms with van der Waals surface area (Å²) in [5.74, 6) is 0. The topological polar surface area (TPSA) is 12.0 Å². The molecule has 4 heteroatoms. The van der Waals surface area contributed by atoms with E-state index < -0.39 is 0 Å². The number of hydrogen-bond acceptors (Lipinski definition) is 2. The summed E-state index contributed by atoms with van der Waals surface area (Å²) in [7, 11) is 2.02. The van der Waals surface area contributed by atoms with Crippen molar-refractivity contribution >= 4 is 49.9 Å². The van der Waals surface area contributed by atoms with Crippen LogP contribution in [-0.4, -0.2) is 7.05 Å². The molecule has 1 N–H and O–H groups in total. The zero-order chi connectivity index (χ0) is 12.3. The lowest BCUT2D eigenvalue weighted by molar-refractivity contribution is 0.602. The molecule has 17 heavy (non-hydrogen) atoms. The Morgan fingerprint density at radius 2 is 1.94 bits per heavy atom. The van der Waals surface area contributed by atoms with E-state index in [0.29, 0.717) is 6.04 Å². The number of halogens is 2. The Morgan fingerprint density at radius 1 is 1.24 bits per heavy atom. The average Bonchev–Trinajstić information content (AvgIpc) is 2.75. The van der Waals surface area contributed by atoms with Crippen molar-refractivity contribution in [1.82, 2.24) is 5.32 Å². The van der Waals surface area contributed by atoms with E-state index in [1.165, 1.54) is 17.8 Å². The Bertz CT molecular complexity index is 480. The van der Waals surface area contributed by atoms with Crippen molar-refractivity contribution in [2.75, 3.05) is 7.05 Å². The fourth-order valence-corrected chi connectivity index (χ4v) is 3.61. The third-order valence-corrected chi connectivity index (χ3v) is 5.10. The first-order valence-corrected chi connectivity index (χ1v) is 8.05. The Morgan fingerprint density at radius 3 is 2.47 bits per heavy atom. The highest BCUT2D eigenvalue weighted by molar-refractivity contribution is 14.1. The minimum atomic E-state index is 0.395. The monoisotopic (exact) mass is 421 g/mol. The molecule has 1 heterocycles. The van der Waals surface area contributed by atoms with E-state index in [1.54, 1.807) is 11.3 Å². The van der Waals surface area contributed by atoms with Crippen molar-refractivity contribution in [2.45, 2.75) is 12.5 Å². The summed E-state index contributed by atoms with van der Waals surface area (Å²) >= 11 is 7.64. The Hall–Kier alpha value is 0.0900. The van der Waals surface area contributed by atoms with Crippen molar-refractivity contribution in [1.29, 1.82) is 0 Å². The molecule has 0 spiro atoms. The number of hydrogen-bond donors (Lipinski definition) is 1. The van der Waals surface area contributed by atoms with Gasteiger partial charge in [0.2, 0.25) is 0 Å². The minimum Gasteiger partial charge on any atom is -0.312 e. The quantitative estimate of drug-likeness (QED) is 0.710. The van der Waals surface area contributed by atoms with E-state index >= 15 is 0 Å². The van der Waals surface area contributed by atoms with Crippen LogP contribution in [0.5, 0.6) is 0 Å². The molecule has 0 radical (unpaired) electrons. The smallest absolute Gasteiger partial charge is 0.0701 e. The fourth-order valence-electron chi connectivity index (χ4n) is 1.72. The molecule has 1 atom stereocenters. The maximum absolute atomic E-state index is 3.51.